The fourth-order valence-corrected chi connectivity index (χ4v) is 2.34. The number of rotatable bonds is 8. The molecule has 0 atom stereocenters. The highest BCUT2D eigenvalue weighted by Crippen LogP contribution is 2.19. The standard InChI is InChI=1S/C10H17N7OS/c1-3-4-11-5-6-17-10(12-15-16-17)19-7-9-8(2)13-18-14-9/h11H,3-7H2,1-2H3. The van der Waals surface area contributed by atoms with Crippen molar-refractivity contribution >= 4 is 11.8 Å². The summed E-state index contributed by atoms with van der Waals surface area (Å²) < 4.78 is 6.44. The van der Waals surface area contributed by atoms with Crippen molar-refractivity contribution in [3.8, 4) is 0 Å². The minimum absolute atomic E-state index is 0.651. The molecule has 0 radical (unpaired) electrons. The summed E-state index contributed by atoms with van der Waals surface area (Å²) >= 11 is 1.53. The largest absolute Gasteiger partial charge is 0.315 e. The Morgan fingerprint density at radius 1 is 1.32 bits per heavy atom. The normalized spacial score (nSPS) is 11.1. The smallest absolute Gasteiger partial charge is 0.209 e. The highest BCUT2D eigenvalue weighted by Gasteiger charge is 2.10. The van der Waals surface area contributed by atoms with Gasteiger partial charge in [-0.2, -0.15) is 0 Å². The molecular weight excluding hydrogens is 266 g/mol. The number of tetrazole rings is 1. The summed E-state index contributed by atoms with van der Waals surface area (Å²) in [5.41, 5.74) is 1.62. The summed E-state index contributed by atoms with van der Waals surface area (Å²) in [5, 5.41) is 23.3. The van der Waals surface area contributed by atoms with Crippen molar-refractivity contribution < 1.29 is 4.63 Å². The molecular formula is C10H17N7OS. The molecule has 0 aliphatic heterocycles. The van der Waals surface area contributed by atoms with Crippen molar-refractivity contribution in [3.05, 3.63) is 11.4 Å². The number of aryl methyl sites for hydroxylation is 1. The van der Waals surface area contributed by atoms with Gasteiger partial charge in [0.25, 0.3) is 0 Å². The van der Waals surface area contributed by atoms with E-state index >= 15 is 0 Å². The van der Waals surface area contributed by atoms with Gasteiger partial charge in [0.1, 0.15) is 11.4 Å². The van der Waals surface area contributed by atoms with E-state index in [1.165, 1.54) is 11.8 Å². The topological polar surface area (TPSA) is 94.6 Å². The number of hydrogen-bond donors (Lipinski definition) is 1. The third-order valence-electron chi connectivity index (χ3n) is 2.51. The molecule has 0 aliphatic carbocycles. The quantitative estimate of drug-likeness (QED) is 0.557. The van der Waals surface area contributed by atoms with E-state index < -0.39 is 0 Å². The lowest BCUT2D eigenvalue weighted by atomic mass is 10.4. The first kappa shape index (κ1) is 13.9. The number of aromatic nitrogens is 6. The van der Waals surface area contributed by atoms with Gasteiger partial charge < -0.3 is 5.32 Å². The molecule has 0 amide bonds. The van der Waals surface area contributed by atoms with Gasteiger partial charge in [-0.25, -0.2) is 9.31 Å². The monoisotopic (exact) mass is 283 g/mol. The van der Waals surface area contributed by atoms with Crippen molar-refractivity contribution in [2.75, 3.05) is 13.1 Å². The Morgan fingerprint density at radius 3 is 2.95 bits per heavy atom. The first-order valence-electron chi connectivity index (χ1n) is 6.19. The van der Waals surface area contributed by atoms with Crippen LogP contribution >= 0.6 is 11.8 Å². The number of nitrogens with one attached hydrogen (secondary N) is 1. The highest BCUT2D eigenvalue weighted by molar-refractivity contribution is 7.98. The van der Waals surface area contributed by atoms with Crippen molar-refractivity contribution in [2.24, 2.45) is 0 Å². The minimum Gasteiger partial charge on any atom is -0.315 e. The summed E-state index contributed by atoms with van der Waals surface area (Å²) in [6.45, 7) is 6.63. The summed E-state index contributed by atoms with van der Waals surface area (Å²) in [6, 6.07) is 0. The Hall–Kier alpha value is -1.48. The molecule has 8 nitrogen and oxygen atoms in total. The lowest BCUT2D eigenvalue weighted by Gasteiger charge is -2.04. The summed E-state index contributed by atoms with van der Waals surface area (Å²) in [4.78, 5) is 0. The molecule has 2 heterocycles. The lowest BCUT2D eigenvalue weighted by molar-refractivity contribution is 0.302. The highest BCUT2D eigenvalue weighted by atomic mass is 32.2. The van der Waals surface area contributed by atoms with Gasteiger partial charge in [-0.05, 0) is 30.3 Å². The Morgan fingerprint density at radius 2 is 2.21 bits per heavy atom. The van der Waals surface area contributed by atoms with Crippen LogP contribution < -0.4 is 5.32 Å². The van der Waals surface area contributed by atoms with Gasteiger partial charge in [0.05, 0.1) is 6.54 Å². The first-order valence-corrected chi connectivity index (χ1v) is 7.17. The minimum atomic E-state index is 0.651. The van der Waals surface area contributed by atoms with Crippen molar-refractivity contribution in [2.45, 2.75) is 37.7 Å². The van der Waals surface area contributed by atoms with Crippen LogP contribution in [0.1, 0.15) is 24.7 Å². The van der Waals surface area contributed by atoms with E-state index in [1.807, 2.05) is 6.92 Å². The third-order valence-corrected chi connectivity index (χ3v) is 3.48. The zero-order chi connectivity index (χ0) is 13.5. The van der Waals surface area contributed by atoms with Crippen LogP contribution in [-0.2, 0) is 12.3 Å². The van der Waals surface area contributed by atoms with E-state index in [4.69, 9.17) is 0 Å². The molecule has 19 heavy (non-hydrogen) atoms. The zero-order valence-corrected chi connectivity index (χ0v) is 11.9. The van der Waals surface area contributed by atoms with E-state index in [-0.39, 0.29) is 0 Å². The van der Waals surface area contributed by atoms with Gasteiger partial charge in [-0.1, -0.05) is 29.0 Å². The molecule has 0 aliphatic rings. The second-order valence-corrected chi connectivity index (χ2v) is 4.96. The summed E-state index contributed by atoms with van der Waals surface area (Å²) in [5.74, 6) is 0.651. The van der Waals surface area contributed by atoms with Crippen LogP contribution in [0, 0.1) is 6.92 Å². The third kappa shape index (κ3) is 4.00. The molecule has 2 aromatic heterocycles. The Balaban J connectivity index is 1.83. The number of nitrogens with zero attached hydrogens (tertiary/aromatic N) is 6. The Bertz CT molecular complexity index is 498. The van der Waals surface area contributed by atoms with E-state index in [2.05, 4.69) is 42.7 Å². The maximum Gasteiger partial charge on any atom is 0.209 e. The predicted octanol–water partition coefficient (Wildman–Crippen LogP) is 0.656. The van der Waals surface area contributed by atoms with Crippen LogP contribution in [0.5, 0.6) is 0 Å². The second kappa shape index (κ2) is 7.19. The SMILES string of the molecule is CCCNCCn1nnnc1SCc1nonc1C. The zero-order valence-electron chi connectivity index (χ0n) is 11.0. The molecule has 1 N–H and O–H groups in total. The molecule has 0 fully saturated rings. The molecule has 0 saturated carbocycles. The van der Waals surface area contributed by atoms with E-state index in [1.54, 1.807) is 4.68 Å². The van der Waals surface area contributed by atoms with Gasteiger partial charge in [-0.3, -0.25) is 0 Å². The predicted molar refractivity (Wildman–Crippen MR) is 69.6 cm³/mol. The van der Waals surface area contributed by atoms with Crippen LogP contribution in [0.3, 0.4) is 0 Å². The fourth-order valence-electron chi connectivity index (χ4n) is 1.44. The van der Waals surface area contributed by atoms with Crippen LogP contribution in [0.4, 0.5) is 0 Å². The van der Waals surface area contributed by atoms with E-state index in [0.717, 1.165) is 42.6 Å². The van der Waals surface area contributed by atoms with Gasteiger partial charge >= 0.3 is 0 Å². The van der Waals surface area contributed by atoms with E-state index in [9.17, 15) is 0 Å². The molecule has 104 valence electrons. The van der Waals surface area contributed by atoms with Crippen molar-refractivity contribution in [1.29, 1.82) is 0 Å². The second-order valence-electron chi connectivity index (χ2n) is 4.02. The van der Waals surface area contributed by atoms with Gasteiger partial charge in [0, 0.05) is 12.3 Å². The Kier molecular flexibility index (Phi) is 5.28. The molecule has 0 aromatic carbocycles. The fraction of sp³-hybridized carbons (Fsp3) is 0.700. The summed E-state index contributed by atoms with van der Waals surface area (Å²) in [7, 11) is 0. The van der Waals surface area contributed by atoms with Crippen LogP contribution in [0.25, 0.3) is 0 Å². The molecule has 0 bridgehead atoms. The molecule has 2 aromatic rings. The summed E-state index contributed by atoms with van der Waals surface area (Å²) in [6.07, 6.45) is 1.12. The first-order chi connectivity index (χ1) is 9.31. The molecule has 9 heteroatoms. The number of hydrogen-bond acceptors (Lipinski definition) is 8. The maximum absolute atomic E-state index is 4.66. The van der Waals surface area contributed by atoms with Crippen LogP contribution in [-0.4, -0.2) is 43.6 Å². The van der Waals surface area contributed by atoms with Crippen LogP contribution in [0.15, 0.2) is 9.79 Å². The van der Waals surface area contributed by atoms with Gasteiger partial charge in [0.15, 0.2) is 0 Å². The van der Waals surface area contributed by atoms with Gasteiger partial charge in [0.2, 0.25) is 5.16 Å². The molecule has 0 saturated heterocycles. The average Bonchev–Trinajstić information content (AvgIpc) is 3.01. The lowest BCUT2D eigenvalue weighted by Crippen LogP contribution is -2.21. The molecule has 2 rings (SSSR count). The number of thioether (sulfide) groups is 1. The van der Waals surface area contributed by atoms with Crippen LogP contribution in [0.2, 0.25) is 0 Å². The molecule has 0 spiro atoms. The van der Waals surface area contributed by atoms with Crippen molar-refractivity contribution in [3.63, 3.8) is 0 Å². The maximum atomic E-state index is 4.66. The van der Waals surface area contributed by atoms with E-state index in [0.29, 0.717) is 5.75 Å². The van der Waals surface area contributed by atoms with Crippen molar-refractivity contribution in [1.82, 2.24) is 35.8 Å². The average molecular weight is 283 g/mol. The Labute approximate surface area is 115 Å². The molecule has 0 unspecified atom stereocenters. The van der Waals surface area contributed by atoms with Gasteiger partial charge in [-0.15, -0.1) is 5.10 Å².